The van der Waals surface area contributed by atoms with Gasteiger partial charge in [-0.3, -0.25) is 4.79 Å². The van der Waals surface area contributed by atoms with Crippen LogP contribution in [0.3, 0.4) is 0 Å². The van der Waals surface area contributed by atoms with Gasteiger partial charge < -0.3 is 15.5 Å². The van der Waals surface area contributed by atoms with E-state index in [1.165, 1.54) is 16.8 Å². The van der Waals surface area contributed by atoms with Crippen LogP contribution < -0.4 is 10.6 Å². The molecule has 0 spiro atoms. The molecule has 220 valence electrons. The first kappa shape index (κ1) is 30.9. The quantitative estimate of drug-likeness (QED) is 0.219. The lowest BCUT2D eigenvalue weighted by molar-refractivity contribution is -0.137. The molecule has 1 heterocycles. The average molecular weight is 618 g/mol. The van der Waals surface area contributed by atoms with Crippen molar-refractivity contribution in [3.63, 3.8) is 0 Å². The van der Waals surface area contributed by atoms with Crippen LogP contribution in [-0.4, -0.2) is 33.2 Å². The van der Waals surface area contributed by atoms with Crippen LogP contribution in [0.2, 0.25) is 10.0 Å². The molecule has 3 amide bonds. The highest BCUT2D eigenvalue weighted by Crippen LogP contribution is 2.35. The molecule has 0 radical (unpaired) electrons. The number of benzene rings is 3. The lowest BCUT2D eigenvalue weighted by atomic mass is 9.92. The van der Waals surface area contributed by atoms with Crippen LogP contribution in [0.25, 0.3) is 5.69 Å². The Labute approximate surface area is 251 Å². The van der Waals surface area contributed by atoms with E-state index in [0.29, 0.717) is 32.8 Å². The molecule has 0 saturated heterocycles. The third kappa shape index (κ3) is 7.63. The maximum atomic E-state index is 13.6. The standard InChI is InChI=1S/C30H28Cl2F3N5O2/c1-29(2,3)25-16-26(40(38-25)20-13-14-22(31)23(32)15-20)37-27(41)18-39(17-19-9-5-4-6-10-19)28(42)36-24-12-8-7-11-21(24)30(33,34)35/h4-16H,17-18H2,1-3H3,(H,36,42)(H,37,41). The minimum atomic E-state index is -4.68. The number of para-hydroxylation sites is 1. The van der Waals surface area contributed by atoms with Gasteiger partial charge in [-0.05, 0) is 35.9 Å². The number of hydrogen-bond acceptors (Lipinski definition) is 3. The van der Waals surface area contributed by atoms with E-state index >= 15 is 0 Å². The molecule has 7 nitrogen and oxygen atoms in total. The molecule has 0 aliphatic rings. The molecule has 4 aromatic rings. The van der Waals surface area contributed by atoms with Gasteiger partial charge in [-0.15, -0.1) is 0 Å². The zero-order valence-electron chi connectivity index (χ0n) is 23.0. The maximum absolute atomic E-state index is 13.6. The van der Waals surface area contributed by atoms with Crippen LogP contribution in [0, 0.1) is 0 Å². The van der Waals surface area contributed by atoms with Crippen LogP contribution in [0.4, 0.5) is 29.5 Å². The number of nitrogens with one attached hydrogen (secondary N) is 2. The number of urea groups is 1. The van der Waals surface area contributed by atoms with E-state index in [9.17, 15) is 22.8 Å². The molecule has 2 N–H and O–H groups in total. The molecule has 42 heavy (non-hydrogen) atoms. The van der Waals surface area contributed by atoms with E-state index in [4.69, 9.17) is 23.2 Å². The van der Waals surface area contributed by atoms with Crippen molar-refractivity contribution in [3.8, 4) is 5.69 Å². The highest BCUT2D eigenvalue weighted by Gasteiger charge is 2.34. The van der Waals surface area contributed by atoms with Gasteiger partial charge in [-0.2, -0.15) is 18.3 Å². The number of hydrogen-bond donors (Lipinski definition) is 2. The normalized spacial score (nSPS) is 11.7. The lowest BCUT2D eigenvalue weighted by Gasteiger charge is -2.24. The third-order valence-corrected chi connectivity index (χ3v) is 6.94. The fraction of sp³-hybridized carbons (Fsp3) is 0.233. The number of nitrogens with zero attached hydrogens (tertiary/aromatic N) is 3. The highest BCUT2D eigenvalue weighted by molar-refractivity contribution is 6.42. The monoisotopic (exact) mass is 617 g/mol. The number of carbonyl (C=O) groups excluding carboxylic acids is 2. The van der Waals surface area contributed by atoms with Crippen molar-refractivity contribution in [2.75, 3.05) is 17.2 Å². The number of halogens is 5. The molecular formula is C30H28Cl2F3N5O2. The summed E-state index contributed by atoms with van der Waals surface area (Å²) in [6.45, 7) is 5.39. The van der Waals surface area contributed by atoms with E-state index < -0.39 is 35.9 Å². The zero-order valence-corrected chi connectivity index (χ0v) is 24.5. The van der Waals surface area contributed by atoms with Crippen molar-refractivity contribution in [1.82, 2.24) is 14.7 Å². The van der Waals surface area contributed by atoms with E-state index in [-0.39, 0.29) is 12.0 Å². The van der Waals surface area contributed by atoms with E-state index in [1.54, 1.807) is 54.6 Å². The summed E-state index contributed by atoms with van der Waals surface area (Å²) in [4.78, 5) is 27.8. The molecule has 0 aliphatic carbocycles. The van der Waals surface area contributed by atoms with Gasteiger partial charge in [0.25, 0.3) is 0 Å². The Morgan fingerprint density at radius 2 is 1.55 bits per heavy atom. The Hall–Kier alpha value is -4.02. The topological polar surface area (TPSA) is 79.3 Å². The first-order valence-corrected chi connectivity index (χ1v) is 13.6. The van der Waals surface area contributed by atoms with Crippen molar-refractivity contribution < 1.29 is 22.8 Å². The van der Waals surface area contributed by atoms with Gasteiger partial charge in [-0.1, -0.05) is 86.4 Å². The second-order valence-corrected chi connectivity index (χ2v) is 11.4. The van der Waals surface area contributed by atoms with Crippen molar-refractivity contribution in [2.24, 2.45) is 0 Å². The molecule has 0 bridgehead atoms. The molecule has 0 saturated carbocycles. The maximum Gasteiger partial charge on any atom is 0.418 e. The Morgan fingerprint density at radius 3 is 2.19 bits per heavy atom. The fourth-order valence-electron chi connectivity index (χ4n) is 4.04. The van der Waals surface area contributed by atoms with Gasteiger partial charge in [0.05, 0.1) is 32.7 Å². The molecule has 12 heteroatoms. The minimum Gasteiger partial charge on any atom is -0.311 e. The van der Waals surface area contributed by atoms with Crippen LogP contribution >= 0.6 is 23.2 Å². The van der Waals surface area contributed by atoms with Crippen LogP contribution in [0.1, 0.15) is 37.6 Å². The molecule has 1 aromatic heterocycles. The minimum absolute atomic E-state index is 0.0342. The number of aromatic nitrogens is 2. The zero-order chi connectivity index (χ0) is 30.7. The SMILES string of the molecule is CC(C)(C)c1cc(NC(=O)CN(Cc2ccccc2)C(=O)Nc2ccccc2C(F)(F)F)n(-c2ccc(Cl)c(Cl)c2)n1. The van der Waals surface area contributed by atoms with Crippen molar-refractivity contribution >= 4 is 46.6 Å². The number of anilines is 2. The summed E-state index contributed by atoms with van der Waals surface area (Å²) in [6, 6.07) is 19.2. The predicted molar refractivity (Wildman–Crippen MR) is 158 cm³/mol. The van der Waals surface area contributed by atoms with Gasteiger partial charge in [0.2, 0.25) is 5.91 Å². The number of amides is 3. The smallest absolute Gasteiger partial charge is 0.311 e. The molecule has 0 fully saturated rings. The van der Waals surface area contributed by atoms with E-state index in [1.807, 2.05) is 20.8 Å². The Kier molecular flexibility index (Phi) is 9.18. The summed E-state index contributed by atoms with van der Waals surface area (Å²) in [5.41, 5.74) is 0.111. The average Bonchev–Trinajstić information content (AvgIpc) is 3.34. The molecular weight excluding hydrogens is 590 g/mol. The summed E-state index contributed by atoms with van der Waals surface area (Å²) >= 11 is 12.3. The van der Waals surface area contributed by atoms with Crippen molar-refractivity contribution in [3.05, 3.63) is 106 Å². The fourth-order valence-corrected chi connectivity index (χ4v) is 4.34. The summed E-state index contributed by atoms with van der Waals surface area (Å²) in [5.74, 6) is -0.280. The van der Waals surface area contributed by atoms with E-state index in [2.05, 4.69) is 15.7 Å². The van der Waals surface area contributed by atoms with Crippen molar-refractivity contribution in [1.29, 1.82) is 0 Å². The van der Waals surface area contributed by atoms with Gasteiger partial charge in [-0.25, -0.2) is 9.48 Å². The van der Waals surface area contributed by atoms with Gasteiger partial charge in [0, 0.05) is 18.0 Å². The number of rotatable bonds is 7. The predicted octanol–water partition coefficient (Wildman–Crippen LogP) is 8.17. The van der Waals surface area contributed by atoms with Crippen LogP contribution in [0.5, 0.6) is 0 Å². The second kappa shape index (κ2) is 12.5. The second-order valence-electron chi connectivity index (χ2n) is 10.5. The molecule has 4 rings (SSSR count). The number of alkyl halides is 3. The molecule has 0 aliphatic heterocycles. The molecule has 0 atom stereocenters. The molecule has 0 unspecified atom stereocenters. The highest BCUT2D eigenvalue weighted by atomic mass is 35.5. The summed E-state index contributed by atoms with van der Waals surface area (Å²) in [7, 11) is 0. The first-order valence-electron chi connectivity index (χ1n) is 12.8. The summed E-state index contributed by atoms with van der Waals surface area (Å²) in [5, 5.41) is 10.4. The Balaban J connectivity index is 1.62. The first-order chi connectivity index (χ1) is 19.7. The van der Waals surface area contributed by atoms with Gasteiger partial charge in [0.1, 0.15) is 12.4 Å². The Bertz CT molecular complexity index is 1580. The summed E-state index contributed by atoms with van der Waals surface area (Å²) in [6.07, 6.45) is -4.68. The van der Waals surface area contributed by atoms with Gasteiger partial charge >= 0.3 is 12.2 Å². The van der Waals surface area contributed by atoms with Crippen LogP contribution in [-0.2, 0) is 22.9 Å². The van der Waals surface area contributed by atoms with Crippen LogP contribution in [0.15, 0.2) is 78.9 Å². The molecule has 3 aromatic carbocycles. The van der Waals surface area contributed by atoms with E-state index in [0.717, 1.165) is 17.0 Å². The number of carbonyl (C=O) groups is 2. The summed E-state index contributed by atoms with van der Waals surface area (Å²) < 4.78 is 42.2. The third-order valence-electron chi connectivity index (χ3n) is 6.21. The van der Waals surface area contributed by atoms with Gasteiger partial charge in [0.15, 0.2) is 0 Å². The Morgan fingerprint density at radius 1 is 0.881 bits per heavy atom. The largest absolute Gasteiger partial charge is 0.418 e. The lowest BCUT2D eigenvalue weighted by Crippen LogP contribution is -2.40. The van der Waals surface area contributed by atoms with Crippen molar-refractivity contribution in [2.45, 2.75) is 38.9 Å².